The summed E-state index contributed by atoms with van der Waals surface area (Å²) in [6, 6.07) is 3.47. The van der Waals surface area contributed by atoms with E-state index in [2.05, 4.69) is 4.98 Å². The van der Waals surface area contributed by atoms with Crippen LogP contribution in [-0.4, -0.2) is 16.8 Å². The molecule has 2 N–H and O–H groups in total. The Kier molecular flexibility index (Phi) is 3.66. The van der Waals surface area contributed by atoms with Gasteiger partial charge in [0.05, 0.1) is 5.41 Å². The number of rotatable bonds is 4. The largest absolute Gasteiger partial charge is 0.326 e. The molecule has 1 fully saturated rings. The maximum Gasteiger partial charge on any atom is 0.241 e. The van der Waals surface area contributed by atoms with Crippen LogP contribution in [0.25, 0.3) is 0 Å². The monoisotopic (exact) mass is 261 g/mol. The maximum absolute atomic E-state index is 12.5. The molecule has 2 rings (SSSR count). The fourth-order valence-electron chi connectivity index (χ4n) is 2.50. The summed E-state index contributed by atoms with van der Waals surface area (Å²) in [4.78, 5) is 30.0. The summed E-state index contributed by atoms with van der Waals surface area (Å²) in [5.41, 5.74) is 5.83. The minimum atomic E-state index is -0.550. The van der Waals surface area contributed by atoms with Gasteiger partial charge >= 0.3 is 0 Å². The average Bonchev–Trinajstić information content (AvgIpc) is 2.70. The Morgan fingerprint density at radius 2 is 2.00 bits per heavy atom. The SMILES string of the molecule is CCC1(CC)CC(=O)N(c2ccc(CN)cn2)C1=O. The number of pyridine rings is 1. The number of carbonyl (C=O) groups is 2. The highest BCUT2D eigenvalue weighted by atomic mass is 16.2. The molecule has 1 saturated heterocycles. The summed E-state index contributed by atoms with van der Waals surface area (Å²) in [6.45, 7) is 4.29. The molecule has 1 aromatic rings. The van der Waals surface area contributed by atoms with E-state index < -0.39 is 5.41 Å². The summed E-state index contributed by atoms with van der Waals surface area (Å²) in [6.07, 6.45) is 3.23. The van der Waals surface area contributed by atoms with Crippen molar-refractivity contribution in [1.82, 2.24) is 4.98 Å². The van der Waals surface area contributed by atoms with Crippen molar-refractivity contribution in [1.29, 1.82) is 0 Å². The Bertz CT molecular complexity index is 492. The Labute approximate surface area is 112 Å². The van der Waals surface area contributed by atoms with Gasteiger partial charge in [-0.2, -0.15) is 0 Å². The molecule has 0 saturated carbocycles. The van der Waals surface area contributed by atoms with Crippen LogP contribution in [0.15, 0.2) is 18.3 Å². The van der Waals surface area contributed by atoms with Crippen molar-refractivity contribution in [2.45, 2.75) is 39.7 Å². The van der Waals surface area contributed by atoms with Gasteiger partial charge in [-0.1, -0.05) is 19.9 Å². The third kappa shape index (κ3) is 2.14. The molecule has 102 valence electrons. The zero-order valence-electron chi connectivity index (χ0n) is 11.3. The van der Waals surface area contributed by atoms with Crippen LogP contribution < -0.4 is 10.6 Å². The molecule has 1 aliphatic rings. The van der Waals surface area contributed by atoms with Crippen molar-refractivity contribution in [2.24, 2.45) is 11.1 Å². The molecule has 5 nitrogen and oxygen atoms in total. The van der Waals surface area contributed by atoms with Crippen LogP contribution in [0, 0.1) is 5.41 Å². The number of nitrogens with zero attached hydrogens (tertiary/aromatic N) is 2. The van der Waals surface area contributed by atoms with E-state index >= 15 is 0 Å². The fraction of sp³-hybridized carbons (Fsp3) is 0.500. The average molecular weight is 261 g/mol. The Morgan fingerprint density at radius 3 is 2.42 bits per heavy atom. The first-order valence-electron chi connectivity index (χ1n) is 6.60. The molecule has 0 atom stereocenters. The van der Waals surface area contributed by atoms with Crippen LogP contribution in [0.3, 0.4) is 0 Å². The van der Waals surface area contributed by atoms with Crippen molar-refractivity contribution in [3.8, 4) is 0 Å². The Hall–Kier alpha value is -1.75. The van der Waals surface area contributed by atoms with Crippen LogP contribution >= 0.6 is 0 Å². The van der Waals surface area contributed by atoms with Gasteiger partial charge in [-0.3, -0.25) is 9.59 Å². The second-order valence-electron chi connectivity index (χ2n) is 4.93. The van der Waals surface area contributed by atoms with Gasteiger partial charge < -0.3 is 5.73 Å². The first-order chi connectivity index (χ1) is 9.07. The Balaban J connectivity index is 2.34. The number of imide groups is 1. The van der Waals surface area contributed by atoms with E-state index in [-0.39, 0.29) is 18.2 Å². The minimum absolute atomic E-state index is 0.129. The molecule has 0 aliphatic carbocycles. The number of aromatic nitrogens is 1. The maximum atomic E-state index is 12.5. The summed E-state index contributed by atoms with van der Waals surface area (Å²) >= 11 is 0. The second kappa shape index (κ2) is 5.09. The highest BCUT2D eigenvalue weighted by Crippen LogP contribution is 2.40. The number of hydrogen-bond acceptors (Lipinski definition) is 4. The fourth-order valence-corrected chi connectivity index (χ4v) is 2.50. The highest BCUT2D eigenvalue weighted by Gasteiger charge is 2.50. The molecule has 5 heteroatoms. The predicted molar refractivity (Wildman–Crippen MR) is 72.3 cm³/mol. The molecular formula is C14H19N3O2. The van der Waals surface area contributed by atoms with Crippen LogP contribution in [0.5, 0.6) is 0 Å². The normalized spacial score (nSPS) is 18.2. The molecule has 0 unspecified atom stereocenters. The third-order valence-electron chi connectivity index (χ3n) is 4.02. The third-order valence-corrected chi connectivity index (χ3v) is 4.02. The van der Waals surface area contributed by atoms with Gasteiger partial charge in [0, 0.05) is 19.2 Å². The van der Waals surface area contributed by atoms with Crippen LogP contribution in [-0.2, 0) is 16.1 Å². The number of carbonyl (C=O) groups excluding carboxylic acids is 2. The second-order valence-corrected chi connectivity index (χ2v) is 4.93. The lowest BCUT2D eigenvalue weighted by Gasteiger charge is -2.23. The van der Waals surface area contributed by atoms with E-state index in [9.17, 15) is 9.59 Å². The van der Waals surface area contributed by atoms with Crippen molar-refractivity contribution in [2.75, 3.05) is 4.90 Å². The van der Waals surface area contributed by atoms with Crippen molar-refractivity contribution < 1.29 is 9.59 Å². The standard InChI is InChI=1S/C14H19N3O2/c1-3-14(4-2)7-12(18)17(13(14)19)11-6-5-10(8-15)9-16-11/h5-6,9H,3-4,7-8,15H2,1-2H3. The predicted octanol–water partition coefficient (Wildman–Crippen LogP) is 1.61. The molecular weight excluding hydrogens is 242 g/mol. The van der Waals surface area contributed by atoms with Crippen LogP contribution in [0.2, 0.25) is 0 Å². The van der Waals surface area contributed by atoms with E-state index in [1.54, 1.807) is 18.3 Å². The molecule has 0 aromatic carbocycles. The lowest BCUT2D eigenvalue weighted by atomic mass is 9.81. The number of nitrogens with two attached hydrogens (primary N) is 1. The van der Waals surface area contributed by atoms with Gasteiger partial charge in [0.2, 0.25) is 11.8 Å². The van der Waals surface area contributed by atoms with E-state index in [1.807, 2.05) is 13.8 Å². The molecule has 19 heavy (non-hydrogen) atoms. The molecule has 0 bridgehead atoms. The van der Waals surface area contributed by atoms with Crippen molar-refractivity contribution >= 4 is 17.6 Å². The lowest BCUT2D eigenvalue weighted by Crippen LogP contribution is -2.35. The van der Waals surface area contributed by atoms with Crippen LogP contribution in [0.1, 0.15) is 38.7 Å². The summed E-state index contributed by atoms with van der Waals surface area (Å²) < 4.78 is 0. The van der Waals surface area contributed by atoms with Crippen molar-refractivity contribution in [3.05, 3.63) is 23.9 Å². The van der Waals surface area contributed by atoms with E-state index in [1.165, 1.54) is 4.90 Å². The number of hydrogen-bond donors (Lipinski definition) is 1. The lowest BCUT2D eigenvalue weighted by molar-refractivity contribution is -0.126. The van der Waals surface area contributed by atoms with Gasteiger partial charge in [0.1, 0.15) is 5.82 Å². The van der Waals surface area contributed by atoms with E-state index in [4.69, 9.17) is 5.73 Å². The Morgan fingerprint density at radius 1 is 1.32 bits per heavy atom. The van der Waals surface area contributed by atoms with E-state index in [0.717, 1.165) is 5.56 Å². The van der Waals surface area contributed by atoms with Crippen molar-refractivity contribution in [3.63, 3.8) is 0 Å². The van der Waals surface area contributed by atoms with Crippen LogP contribution in [0.4, 0.5) is 5.82 Å². The molecule has 2 amide bonds. The van der Waals surface area contributed by atoms with Gasteiger partial charge in [-0.25, -0.2) is 9.88 Å². The molecule has 1 aromatic heterocycles. The number of amides is 2. The van der Waals surface area contributed by atoms with Gasteiger partial charge in [0.15, 0.2) is 0 Å². The highest BCUT2D eigenvalue weighted by molar-refractivity contribution is 6.22. The number of anilines is 1. The summed E-state index contributed by atoms with van der Waals surface area (Å²) in [5, 5.41) is 0. The molecule has 0 spiro atoms. The molecule has 1 aliphatic heterocycles. The zero-order valence-corrected chi connectivity index (χ0v) is 11.3. The quantitative estimate of drug-likeness (QED) is 0.835. The van der Waals surface area contributed by atoms with Gasteiger partial charge in [-0.05, 0) is 24.5 Å². The van der Waals surface area contributed by atoms with Gasteiger partial charge in [-0.15, -0.1) is 0 Å². The first-order valence-corrected chi connectivity index (χ1v) is 6.60. The first kappa shape index (κ1) is 13.7. The zero-order chi connectivity index (χ0) is 14.0. The topological polar surface area (TPSA) is 76.3 Å². The smallest absolute Gasteiger partial charge is 0.241 e. The molecule has 2 heterocycles. The minimum Gasteiger partial charge on any atom is -0.326 e. The van der Waals surface area contributed by atoms with Gasteiger partial charge in [0.25, 0.3) is 0 Å². The summed E-state index contributed by atoms with van der Waals surface area (Å²) in [5.74, 6) is 0.105. The summed E-state index contributed by atoms with van der Waals surface area (Å²) in [7, 11) is 0. The molecule has 0 radical (unpaired) electrons. The van der Waals surface area contributed by atoms with E-state index in [0.29, 0.717) is 25.2 Å².